The summed E-state index contributed by atoms with van der Waals surface area (Å²) in [6.45, 7) is 1.50. The fourth-order valence-electron chi connectivity index (χ4n) is 1.93. The van der Waals surface area contributed by atoms with E-state index < -0.39 is 11.6 Å². The van der Waals surface area contributed by atoms with E-state index in [-0.39, 0.29) is 23.3 Å². The van der Waals surface area contributed by atoms with Crippen LogP contribution in [-0.4, -0.2) is 12.9 Å². The molecule has 4 heteroatoms. The smallest absolute Gasteiger partial charge is 0.170 e. The molecule has 2 aromatic rings. The van der Waals surface area contributed by atoms with Crippen LogP contribution in [0.15, 0.2) is 36.4 Å². The van der Waals surface area contributed by atoms with Gasteiger partial charge in [-0.05, 0) is 36.2 Å². The van der Waals surface area contributed by atoms with Gasteiger partial charge in [0.2, 0.25) is 0 Å². The average Bonchev–Trinajstić information content (AvgIpc) is 2.43. The zero-order valence-corrected chi connectivity index (χ0v) is 11.2. The van der Waals surface area contributed by atoms with Gasteiger partial charge in [0, 0.05) is 12.5 Å². The first-order valence-corrected chi connectivity index (χ1v) is 6.13. The number of ether oxygens (including phenoxy) is 1. The summed E-state index contributed by atoms with van der Waals surface area (Å²) in [5, 5.41) is 0. The molecule has 104 valence electrons. The monoisotopic (exact) mass is 276 g/mol. The fourth-order valence-corrected chi connectivity index (χ4v) is 1.93. The van der Waals surface area contributed by atoms with E-state index in [2.05, 4.69) is 0 Å². The maximum absolute atomic E-state index is 13.6. The van der Waals surface area contributed by atoms with Gasteiger partial charge >= 0.3 is 0 Å². The number of benzene rings is 2. The van der Waals surface area contributed by atoms with Gasteiger partial charge in [-0.25, -0.2) is 8.78 Å². The van der Waals surface area contributed by atoms with E-state index in [1.807, 2.05) is 0 Å². The lowest BCUT2D eigenvalue weighted by molar-refractivity contribution is 0.0989. The van der Waals surface area contributed by atoms with Crippen molar-refractivity contribution in [2.45, 2.75) is 13.3 Å². The molecule has 0 N–H and O–H groups in total. The van der Waals surface area contributed by atoms with Crippen molar-refractivity contribution >= 4 is 5.78 Å². The highest BCUT2D eigenvalue weighted by molar-refractivity contribution is 5.98. The molecule has 0 radical (unpaired) electrons. The van der Waals surface area contributed by atoms with Crippen LogP contribution in [0.1, 0.15) is 21.5 Å². The Labute approximate surface area is 116 Å². The molecule has 0 saturated heterocycles. The molecule has 0 bridgehead atoms. The minimum absolute atomic E-state index is 0.0409. The van der Waals surface area contributed by atoms with E-state index in [0.717, 1.165) is 11.6 Å². The highest BCUT2D eigenvalue weighted by atomic mass is 19.1. The molecular weight excluding hydrogens is 262 g/mol. The fraction of sp³-hybridized carbons (Fsp3) is 0.188. The second kappa shape index (κ2) is 5.82. The number of halogens is 2. The number of hydrogen-bond donors (Lipinski definition) is 0. The van der Waals surface area contributed by atoms with Crippen molar-refractivity contribution in [2.75, 3.05) is 7.11 Å². The number of hydrogen-bond acceptors (Lipinski definition) is 2. The molecule has 2 rings (SSSR count). The third-order valence-electron chi connectivity index (χ3n) is 3.05. The van der Waals surface area contributed by atoms with E-state index >= 15 is 0 Å². The second-order valence-corrected chi connectivity index (χ2v) is 4.53. The van der Waals surface area contributed by atoms with Crippen molar-refractivity contribution in [2.24, 2.45) is 0 Å². The predicted octanol–water partition coefficient (Wildman–Crippen LogP) is 3.71. The van der Waals surface area contributed by atoms with Crippen molar-refractivity contribution in [3.8, 4) is 5.75 Å². The summed E-state index contributed by atoms with van der Waals surface area (Å²) in [6.07, 6.45) is 0.0409. The summed E-state index contributed by atoms with van der Waals surface area (Å²) in [4.78, 5) is 12.1. The zero-order valence-electron chi connectivity index (χ0n) is 11.2. The maximum atomic E-state index is 13.6. The molecule has 0 unspecified atom stereocenters. The van der Waals surface area contributed by atoms with Crippen molar-refractivity contribution in [3.05, 3.63) is 64.7 Å². The van der Waals surface area contributed by atoms with E-state index in [1.54, 1.807) is 24.3 Å². The van der Waals surface area contributed by atoms with Crippen LogP contribution in [0.4, 0.5) is 8.78 Å². The normalized spacial score (nSPS) is 10.4. The quantitative estimate of drug-likeness (QED) is 0.796. The lowest BCUT2D eigenvalue weighted by Crippen LogP contribution is -2.07. The van der Waals surface area contributed by atoms with Crippen LogP contribution in [0.5, 0.6) is 5.75 Å². The van der Waals surface area contributed by atoms with Gasteiger partial charge in [-0.1, -0.05) is 12.1 Å². The molecule has 0 spiro atoms. The topological polar surface area (TPSA) is 26.3 Å². The molecule has 0 atom stereocenters. The summed E-state index contributed by atoms with van der Waals surface area (Å²) >= 11 is 0. The molecule has 0 amide bonds. The summed E-state index contributed by atoms with van der Waals surface area (Å²) in [5.74, 6) is -1.24. The van der Waals surface area contributed by atoms with Crippen molar-refractivity contribution in [3.63, 3.8) is 0 Å². The molecule has 0 aliphatic rings. The van der Waals surface area contributed by atoms with E-state index in [0.29, 0.717) is 5.75 Å². The molecule has 0 heterocycles. The van der Waals surface area contributed by atoms with Crippen LogP contribution in [-0.2, 0) is 6.42 Å². The van der Waals surface area contributed by atoms with Crippen molar-refractivity contribution < 1.29 is 18.3 Å². The molecule has 0 aliphatic heterocycles. The molecule has 2 nitrogen and oxygen atoms in total. The molecule has 0 saturated carbocycles. The van der Waals surface area contributed by atoms with Gasteiger partial charge in [0.15, 0.2) is 5.78 Å². The Hall–Kier alpha value is -2.23. The number of rotatable bonds is 4. The van der Waals surface area contributed by atoms with Crippen LogP contribution in [0, 0.1) is 18.6 Å². The first kappa shape index (κ1) is 14.2. The largest absolute Gasteiger partial charge is 0.497 e. The number of carbonyl (C=O) groups is 1. The van der Waals surface area contributed by atoms with E-state index in [9.17, 15) is 13.6 Å². The summed E-state index contributed by atoms with van der Waals surface area (Å²) in [7, 11) is 1.53. The molecule has 2 aromatic carbocycles. The van der Waals surface area contributed by atoms with Crippen LogP contribution in [0.25, 0.3) is 0 Å². The third kappa shape index (κ3) is 3.02. The van der Waals surface area contributed by atoms with Crippen molar-refractivity contribution in [1.82, 2.24) is 0 Å². The Bertz CT molecular complexity index is 651. The lowest BCUT2D eigenvalue weighted by atomic mass is 10.0. The van der Waals surface area contributed by atoms with E-state index in [1.165, 1.54) is 20.1 Å². The minimum Gasteiger partial charge on any atom is -0.497 e. The predicted molar refractivity (Wildman–Crippen MR) is 72.1 cm³/mol. The first-order valence-electron chi connectivity index (χ1n) is 6.13. The molecule has 0 aromatic heterocycles. The Balaban J connectivity index is 2.26. The Morgan fingerprint density at radius 1 is 1.15 bits per heavy atom. The summed E-state index contributed by atoms with van der Waals surface area (Å²) in [6, 6.07) is 8.98. The third-order valence-corrected chi connectivity index (χ3v) is 3.05. The van der Waals surface area contributed by atoms with Gasteiger partial charge < -0.3 is 4.74 Å². The van der Waals surface area contributed by atoms with Crippen LogP contribution < -0.4 is 4.74 Å². The van der Waals surface area contributed by atoms with E-state index in [4.69, 9.17) is 4.74 Å². The molecule has 0 fully saturated rings. The molecule has 0 aliphatic carbocycles. The highest BCUT2D eigenvalue weighted by Crippen LogP contribution is 2.18. The lowest BCUT2D eigenvalue weighted by Gasteiger charge is -2.06. The molecular formula is C16H14F2O2. The van der Waals surface area contributed by atoms with Crippen LogP contribution in [0.3, 0.4) is 0 Å². The maximum Gasteiger partial charge on any atom is 0.170 e. The van der Waals surface area contributed by atoms with Gasteiger partial charge in [-0.15, -0.1) is 0 Å². The first-order chi connectivity index (χ1) is 9.51. The number of aryl methyl sites for hydroxylation is 1. The Kier molecular flexibility index (Phi) is 4.13. The van der Waals surface area contributed by atoms with Crippen molar-refractivity contribution in [1.29, 1.82) is 0 Å². The Morgan fingerprint density at radius 3 is 2.60 bits per heavy atom. The summed E-state index contributed by atoms with van der Waals surface area (Å²) in [5.41, 5.74) is 0.878. The summed E-state index contributed by atoms with van der Waals surface area (Å²) < 4.78 is 31.9. The highest BCUT2D eigenvalue weighted by Gasteiger charge is 2.15. The van der Waals surface area contributed by atoms with Gasteiger partial charge in [-0.3, -0.25) is 4.79 Å². The number of Topliss-reactive ketones (excluding diaryl/α,β-unsaturated/α-hetero) is 1. The Morgan fingerprint density at radius 2 is 1.90 bits per heavy atom. The second-order valence-electron chi connectivity index (χ2n) is 4.53. The molecule has 20 heavy (non-hydrogen) atoms. The van der Waals surface area contributed by atoms with Crippen LogP contribution >= 0.6 is 0 Å². The number of carbonyl (C=O) groups excluding carboxylic acids is 1. The number of ketones is 1. The van der Waals surface area contributed by atoms with Gasteiger partial charge in [0.1, 0.15) is 17.4 Å². The van der Waals surface area contributed by atoms with Crippen LogP contribution in [0.2, 0.25) is 0 Å². The van der Waals surface area contributed by atoms with Gasteiger partial charge in [0.05, 0.1) is 12.7 Å². The SMILES string of the molecule is COc1cccc(CC(=O)c2cc(C)c(F)cc2F)c1. The van der Waals surface area contributed by atoms with Gasteiger partial charge in [0.25, 0.3) is 0 Å². The van der Waals surface area contributed by atoms with Gasteiger partial charge in [-0.2, -0.15) is 0 Å². The standard InChI is InChI=1S/C16H14F2O2/c1-10-6-13(15(18)9-14(10)17)16(19)8-11-4-3-5-12(7-11)20-2/h3-7,9H,8H2,1-2H3. The number of methoxy groups -OCH3 is 1. The zero-order chi connectivity index (χ0) is 14.7. The minimum atomic E-state index is -0.832. The average molecular weight is 276 g/mol.